The van der Waals surface area contributed by atoms with Gasteiger partial charge < -0.3 is 10.3 Å². The number of rotatable bonds is 2. The van der Waals surface area contributed by atoms with Gasteiger partial charge in [0, 0.05) is 28.1 Å². The predicted molar refractivity (Wildman–Crippen MR) is 63.6 cm³/mol. The fourth-order valence-corrected chi connectivity index (χ4v) is 1.85. The average molecular weight is 280 g/mol. The lowest BCUT2D eigenvalue weighted by molar-refractivity contribution is -0.629. The van der Waals surface area contributed by atoms with E-state index in [0.29, 0.717) is 20.6 Å². The second-order valence-electron chi connectivity index (χ2n) is 3.38. The van der Waals surface area contributed by atoms with Gasteiger partial charge in [-0.3, -0.25) is 0 Å². The van der Waals surface area contributed by atoms with Crippen LogP contribution in [0.1, 0.15) is 17.4 Å². The van der Waals surface area contributed by atoms with Crippen molar-refractivity contribution >= 4 is 15.9 Å². The fourth-order valence-electron chi connectivity index (χ4n) is 1.49. The third-order valence-corrected chi connectivity index (χ3v) is 2.91. The van der Waals surface area contributed by atoms with Crippen molar-refractivity contribution in [2.75, 3.05) is 0 Å². The molecule has 0 bridgehead atoms. The average Bonchev–Trinajstić information content (AvgIpc) is 2.33. The second kappa shape index (κ2) is 4.63. The topological polar surface area (TPSA) is 47.2 Å². The van der Waals surface area contributed by atoms with Crippen LogP contribution >= 0.6 is 15.9 Å². The first kappa shape index (κ1) is 11.1. The number of pyridine rings is 1. The Kier molecular flexibility index (Phi) is 3.22. The third-order valence-electron chi connectivity index (χ3n) is 2.32. The van der Waals surface area contributed by atoms with Crippen molar-refractivity contribution in [1.29, 1.82) is 0 Å². The van der Waals surface area contributed by atoms with Gasteiger partial charge in [-0.05, 0) is 11.6 Å². The van der Waals surface area contributed by atoms with E-state index in [1.165, 1.54) is 0 Å². The van der Waals surface area contributed by atoms with Gasteiger partial charge in [-0.25, -0.2) is 0 Å². The highest BCUT2D eigenvalue weighted by molar-refractivity contribution is 9.10. The lowest BCUT2D eigenvalue weighted by Gasteiger charge is -2.11. The van der Waals surface area contributed by atoms with Crippen molar-refractivity contribution in [2.45, 2.75) is 6.10 Å². The Morgan fingerprint density at radius 2 is 1.75 bits per heavy atom. The van der Waals surface area contributed by atoms with E-state index in [9.17, 15) is 10.3 Å². The number of hydrogen-bond donors (Lipinski definition) is 1. The molecule has 0 saturated carbocycles. The van der Waals surface area contributed by atoms with Crippen molar-refractivity contribution in [3.05, 3.63) is 69.6 Å². The maximum absolute atomic E-state index is 11.7. The van der Waals surface area contributed by atoms with Crippen molar-refractivity contribution < 1.29 is 9.84 Å². The monoisotopic (exact) mass is 279 g/mol. The largest absolute Gasteiger partial charge is 0.618 e. The van der Waals surface area contributed by atoms with Gasteiger partial charge in [0.25, 0.3) is 4.60 Å². The summed E-state index contributed by atoms with van der Waals surface area (Å²) in [7, 11) is 0. The van der Waals surface area contributed by atoms with Crippen molar-refractivity contribution in [1.82, 2.24) is 0 Å². The number of nitrogens with zero attached hydrogens (tertiary/aromatic N) is 1. The summed E-state index contributed by atoms with van der Waals surface area (Å²) in [4.78, 5) is 0. The molecule has 2 aromatic rings. The smallest absolute Gasteiger partial charge is 0.259 e. The van der Waals surface area contributed by atoms with E-state index in [0.717, 1.165) is 0 Å². The summed E-state index contributed by atoms with van der Waals surface area (Å²) in [6, 6.07) is 14.0. The number of benzene rings is 1. The number of aliphatic hydroxyl groups is 1. The normalized spacial score (nSPS) is 12.4. The lowest BCUT2D eigenvalue weighted by Crippen LogP contribution is -2.35. The first-order valence-corrected chi connectivity index (χ1v) is 5.60. The Hall–Kier alpha value is -1.39. The number of aliphatic hydroxyl groups excluding tert-OH is 1. The van der Waals surface area contributed by atoms with Crippen molar-refractivity contribution in [3.8, 4) is 0 Å². The molecule has 1 N–H and O–H groups in total. The molecule has 0 aliphatic heterocycles. The van der Waals surface area contributed by atoms with Gasteiger partial charge in [-0.1, -0.05) is 30.3 Å². The van der Waals surface area contributed by atoms with Crippen LogP contribution in [0.15, 0.2) is 53.1 Å². The highest BCUT2D eigenvalue weighted by atomic mass is 79.9. The molecule has 16 heavy (non-hydrogen) atoms. The number of aromatic nitrogens is 1. The van der Waals surface area contributed by atoms with Crippen molar-refractivity contribution in [2.24, 2.45) is 0 Å². The van der Waals surface area contributed by atoms with E-state index in [4.69, 9.17) is 0 Å². The third kappa shape index (κ3) is 2.08. The van der Waals surface area contributed by atoms with E-state index >= 15 is 0 Å². The molecular weight excluding hydrogens is 270 g/mol. The van der Waals surface area contributed by atoms with Crippen LogP contribution in [0.3, 0.4) is 0 Å². The van der Waals surface area contributed by atoms with E-state index in [-0.39, 0.29) is 0 Å². The van der Waals surface area contributed by atoms with Crippen LogP contribution in [-0.2, 0) is 0 Å². The SMILES string of the molecule is [O-][n+]1c(Br)cccc1C(O)c1ccccc1. The van der Waals surface area contributed by atoms with Gasteiger partial charge in [0.05, 0.1) is 0 Å². The molecule has 1 unspecified atom stereocenters. The van der Waals surface area contributed by atoms with Gasteiger partial charge in [-0.2, -0.15) is 4.73 Å². The summed E-state index contributed by atoms with van der Waals surface area (Å²) >= 11 is 3.13. The molecule has 2 rings (SSSR count). The summed E-state index contributed by atoms with van der Waals surface area (Å²) in [6.07, 6.45) is -0.906. The van der Waals surface area contributed by atoms with Crippen molar-refractivity contribution in [3.63, 3.8) is 0 Å². The maximum atomic E-state index is 11.7. The lowest BCUT2D eigenvalue weighted by atomic mass is 10.1. The van der Waals surface area contributed by atoms with Gasteiger partial charge in [0.2, 0.25) is 5.69 Å². The highest BCUT2D eigenvalue weighted by Crippen LogP contribution is 2.19. The minimum absolute atomic E-state index is 0.306. The van der Waals surface area contributed by atoms with Crippen LogP contribution in [0.5, 0.6) is 0 Å². The molecule has 0 aliphatic rings. The van der Waals surface area contributed by atoms with Crippen LogP contribution in [-0.4, -0.2) is 5.11 Å². The summed E-state index contributed by atoms with van der Waals surface area (Å²) < 4.78 is 1.07. The van der Waals surface area contributed by atoms with Gasteiger partial charge in [-0.15, -0.1) is 0 Å². The molecule has 1 aromatic carbocycles. The standard InChI is InChI=1S/C12H10BrNO2/c13-11-8-4-7-10(14(11)16)12(15)9-5-2-1-3-6-9/h1-8,12,15H. The fraction of sp³-hybridized carbons (Fsp3) is 0.0833. The first-order valence-electron chi connectivity index (χ1n) is 4.81. The Morgan fingerprint density at radius 3 is 2.44 bits per heavy atom. The molecule has 1 aromatic heterocycles. The summed E-state index contributed by atoms with van der Waals surface area (Å²) in [6.45, 7) is 0. The summed E-state index contributed by atoms with van der Waals surface area (Å²) in [5.41, 5.74) is 1.01. The van der Waals surface area contributed by atoms with Crippen LogP contribution < -0.4 is 4.73 Å². The number of hydrogen-bond acceptors (Lipinski definition) is 2. The Balaban J connectivity index is 2.42. The van der Waals surface area contributed by atoms with Gasteiger partial charge >= 0.3 is 0 Å². The minimum atomic E-state index is -0.906. The molecule has 1 heterocycles. The highest BCUT2D eigenvalue weighted by Gasteiger charge is 2.19. The van der Waals surface area contributed by atoms with Gasteiger partial charge in [0.1, 0.15) is 0 Å². The van der Waals surface area contributed by atoms with Crippen LogP contribution in [0.2, 0.25) is 0 Å². The predicted octanol–water partition coefficient (Wildman–Crippen LogP) is 2.16. The zero-order valence-electron chi connectivity index (χ0n) is 8.38. The molecule has 82 valence electrons. The molecule has 0 spiro atoms. The molecule has 0 fully saturated rings. The minimum Gasteiger partial charge on any atom is -0.618 e. The quantitative estimate of drug-likeness (QED) is 0.520. The molecular formula is C12H10BrNO2. The van der Waals surface area contributed by atoms with E-state index in [1.807, 2.05) is 18.2 Å². The second-order valence-corrected chi connectivity index (χ2v) is 4.19. The number of halogens is 1. The van der Waals surface area contributed by atoms with Crippen LogP contribution in [0, 0.1) is 5.21 Å². The Bertz CT molecular complexity index is 488. The zero-order valence-corrected chi connectivity index (χ0v) is 9.96. The Morgan fingerprint density at radius 1 is 1.06 bits per heavy atom. The van der Waals surface area contributed by atoms with Gasteiger partial charge in [0.15, 0.2) is 6.10 Å². The molecule has 1 atom stereocenters. The molecule has 4 heteroatoms. The molecule has 0 saturated heterocycles. The van der Waals surface area contributed by atoms with E-state index in [1.54, 1.807) is 30.3 Å². The zero-order chi connectivity index (χ0) is 11.5. The molecule has 3 nitrogen and oxygen atoms in total. The molecule has 0 radical (unpaired) electrons. The molecule has 0 aliphatic carbocycles. The van der Waals surface area contributed by atoms with E-state index < -0.39 is 6.10 Å². The molecule has 0 amide bonds. The first-order chi connectivity index (χ1) is 7.70. The van der Waals surface area contributed by atoms with Crippen LogP contribution in [0.4, 0.5) is 0 Å². The summed E-state index contributed by atoms with van der Waals surface area (Å²) in [5.74, 6) is 0. The Labute approximate surface area is 102 Å². The maximum Gasteiger partial charge on any atom is 0.259 e. The van der Waals surface area contributed by atoms with E-state index in [2.05, 4.69) is 15.9 Å². The summed E-state index contributed by atoms with van der Waals surface area (Å²) in [5, 5.41) is 21.7. The van der Waals surface area contributed by atoms with Crippen LogP contribution in [0.25, 0.3) is 0 Å².